The van der Waals surface area contributed by atoms with Gasteiger partial charge in [-0.1, -0.05) is 61.9 Å². The van der Waals surface area contributed by atoms with Gasteiger partial charge in [-0.05, 0) is 53.1 Å². The molecule has 0 amide bonds. The first-order valence-electron chi connectivity index (χ1n) is 10.7. The summed E-state index contributed by atoms with van der Waals surface area (Å²) in [5.41, 5.74) is 1.60. The number of alkyl halides is 3. The van der Waals surface area contributed by atoms with E-state index >= 15 is 4.39 Å². The third-order valence-electron chi connectivity index (χ3n) is 5.59. The average Bonchev–Trinajstić information content (AvgIpc) is 2.78. The highest BCUT2D eigenvalue weighted by atomic mass is 19.4. The molecule has 34 heavy (non-hydrogen) atoms. The van der Waals surface area contributed by atoms with Crippen LogP contribution in [-0.4, -0.2) is 6.36 Å². The summed E-state index contributed by atoms with van der Waals surface area (Å²) in [6.07, 6.45) is -2.03. The molecule has 0 bridgehead atoms. The lowest BCUT2D eigenvalue weighted by atomic mass is 9.96. The first-order valence-corrected chi connectivity index (χ1v) is 10.7. The molecule has 0 saturated heterocycles. The molecule has 0 fully saturated rings. The van der Waals surface area contributed by atoms with Gasteiger partial charge in [-0.2, -0.15) is 0 Å². The molecule has 4 aromatic rings. The van der Waals surface area contributed by atoms with Gasteiger partial charge in [0.2, 0.25) is 0 Å². The number of unbranched alkanes of at least 4 members (excludes halogenated alkanes) is 1. The van der Waals surface area contributed by atoms with Gasteiger partial charge in [0.1, 0.15) is 11.6 Å². The number of rotatable bonds is 6. The Balaban J connectivity index is 1.65. The fourth-order valence-electron chi connectivity index (χ4n) is 3.89. The predicted molar refractivity (Wildman–Crippen MR) is 120 cm³/mol. The van der Waals surface area contributed by atoms with Crippen molar-refractivity contribution < 1.29 is 31.1 Å². The van der Waals surface area contributed by atoms with Crippen LogP contribution in [0.3, 0.4) is 0 Å². The van der Waals surface area contributed by atoms with E-state index in [9.17, 15) is 22.0 Å². The SMILES string of the molecule is CCCCc1ccc2c(F)c(-c3ccc(-c4ccc(OC(F)(F)F)c(F)c4)c(F)c3)ccc2c1. The predicted octanol–water partition coefficient (Wildman–Crippen LogP) is 8.83. The van der Waals surface area contributed by atoms with Gasteiger partial charge in [-0.15, -0.1) is 13.2 Å². The molecule has 0 aromatic heterocycles. The Bertz CT molecular complexity index is 1340. The molecule has 176 valence electrons. The van der Waals surface area contributed by atoms with Crippen molar-refractivity contribution in [2.24, 2.45) is 0 Å². The molecule has 0 saturated carbocycles. The molecule has 0 aliphatic rings. The van der Waals surface area contributed by atoms with E-state index in [-0.39, 0.29) is 22.3 Å². The summed E-state index contributed by atoms with van der Waals surface area (Å²) in [6, 6.07) is 15.5. The van der Waals surface area contributed by atoms with Crippen molar-refractivity contribution in [3.63, 3.8) is 0 Å². The molecular weight excluding hydrogens is 454 g/mol. The van der Waals surface area contributed by atoms with Crippen LogP contribution in [0.5, 0.6) is 5.75 Å². The summed E-state index contributed by atoms with van der Waals surface area (Å²) in [4.78, 5) is 0. The van der Waals surface area contributed by atoms with E-state index in [1.165, 1.54) is 12.1 Å². The standard InChI is InChI=1S/C27H20F6O/c1-2-3-4-16-5-9-21-17(13-16)7-11-22(26(21)30)19-6-10-20(23(28)14-19)18-8-12-25(24(29)15-18)34-27(31,32)33/h5-15H,2-4H2,1H3. The Morgan fingerprint density at radius 2 is 1.41 bits per heavy atom. The van der Waals surface area contributed by atoms with Crippen LogP contribution in [0.25, 0.3) is 33.0 Å². The van der Waals surface area contributed by atoms with Crippen molar-refractivity contribution in [1.29, 1.82) is 0 Å². The molecule has 0 aliphatic heterocycles. The minimum Gasteiger partial charge on any atom is -0.403 e. The van der Waals surface area contributed by atoms with Crippen LogP contribution < -0.4 is 4.74 Å². The number of hydrogen-bond donors (Lipinski definition) is 0. The summed E-state index contributed by atoms with van der Waals surface area (Å²) >= 11 is 0. The van der Waals surface area contributed by atoms with Crippen LogP contribution in [0.1, 0.15) is 25.3 Å². The van der Waals surface area contributed by atoms with Crippen LogP contribution in [0, 0.1) is 17.5 Å². The van der Waals surface area contributed by atoms with E-state index in [1.54, 1.807) is 18.2 Å². The molecule has 0 heterocycles. The van der Waals surface area contributed by atoms with Crippen LogP contribution in [-0.2, 0) is 6.42 Å². The Morgan fingerprint density at radius 3 is 2.09 bits per heavy atom. The van der Waals surface area contributed by atoms with Crippen molar-refractivity contribution in [1.82, 2.24) is 0 Å². The largest absolute Gasteiger partial charge is 0.573 e. The average molecular weight is 474 g/mol. The van der Waals surface area contributed by atoms with Crippen LogP contribution in [0.15, 0.2) is 66.7 Å². The van der Waals surface area contributed by atoms with Crippen molar-refractivity contribution >= 4 is 10.8 Å². The number of halogens is 6. The molecule has 4 aromatic carbocycles. The number of hydrogen-bond acceptors (Lipinski definition) is 1. The molecule has 0 radical (unpaired) electrons. The van der Waals surface area contributed by atoms with Gasteiger partial charge in [-0.25, -0.2) is 13.2 Å². The molecule has 0 aliphatic carbocycles. The van der Waals surface area contributed by atoms with E-state index in [4.69, 9.17) is 0 Å². The monoisotopic (exact) mass is 474 g/mol. The summed E-state index contributed by atoms with van der Waals surface area (Å²) in [6.45, 7) is 2.10. The molecular formula is C27H20F6O. The Labute approximate surface area is 192 Å². The fraction of sp³-hybridized carbons (Fsp3) is 0.185. The normalized spacial score (nSPS) is 11.7. The number of fused-ring (bicyclic) bond motifs is 1. The second kappa shape index (κ2) is 9.41. The van der Waals surface area contributed by atoms with E-state index in [2.05, 4.69) is 11.7 Å². The maximum atomic E-state index is 15.2. The van der Waals surface area contributed by atoms with Gasteiger partial charge in [0.15, 0.2) is 11.6 Å². The van der Waals surface area contributed by atoms with E-state index in [0.29, 0.717) is 5.39 Å². The number of benzene rings is 4. The van der Waals surface area contributed by atoms with Crippen molar-refractivity contribution in [3.05, 3.63) is 89.7 Å². The maximum absolute atomic E-state index is 15.2. The highest BCUT2D eigenvalue weighted by molar-refractivity contribution is 5.89. The van der Waals surface area contributed by atoms with Crippen molar-refractivity contribution in [2.45, 2.75) is 32.5 Å². The molecule has 0 unspecified atom stereocenters. The molecule has 0 atom stereocenters. The van der Waals surface area contributed by atoms with Gasteiger partial charge in [0.05, 0.1) is 0 Å². The van der Waals surface area contributed by atoms with Gasteiger partial charge in [0.25, 0.3) is 0 Å². The maximum Gasteiger partial charge on any atom is 0.573 e. The van der Waals surface area contributed by atoms with E-state index in [0.717, 1.165) is 54.5 Å². The minimum absolute atomic E-state index is 0.0228. The van der Waals surface area contributed by atoms with Crippen LogP contribution in [0.2, 0.25) is 0 Å². The number of ether oxygens (including phenoxy) is 1. The molecule has 1 nitrogen and oxygen atoms in total. The Morgan fingerprint density at radius 1 is 0.735 bits per heavy atom. The smallest absolute Gasteiger partial charge is 0.403 e. The van der Waals surface area contributed by atoms with Crippen LogP contribution in [0.4, 0.5) is 26.3 Å². The Hall–Kier alpha value is -3.48. The van der Waals surface area contributed by atoms with Gasteiger partial charge < -0.3 is 4.74 Å². The third-order valence-corrected chi connectivity index (χ3v) is 5.59. The zero-order valence-electron chi connectivity index (χ0n) is 18.1. The minimum atomic E-state index is -5.05. The summed E-state index contributed by atoms with van der Waals surface area (Å²) in [5, 5.41) is 1.17. The first-order chi connectivity index (χ1) is 16.2. The highest BCUT2D eigenvalue weighted by Crippen LogP contribution is 2.34. The second-order valence-corrected chi connectivity index (χ2v) is 7.97. The van der Waals surface area contributed by atoms with Crippen molar-refractivity contribution in [3.8, 4) is 28.0 Å². The quantitative estimate of drug-likeness (QED) is 0.254. The lowest BCUT2D eigenvalue weighted by Gasteiger charge is -2.12. The molecule has 0 N–H and O–H groups in total. The topological polar surface area (TPSA) is 9.23 Å². The van der Waals surface area contributed by atoms with Gasteiger partial charge in [0, 0.05) is 16.5 Å². The summed E-state index contributed by atoms with van der Waals surface area (Å²) in [5.74, 6) is -3.54. The second-order valence-electron chi connectivity index (χ2n) is 7.97. The molecule has 0 spiro atoms. The van der Waals surface area contributed by atoms with Crippen molar-refractivity contribution in [2.75, 3.05) is 0 Å². The third kappa shape index (κ3) is 5.03. The zero-order valence-corrected chi connectivity index (χ0v) is 18.1. The molecule has 4 rings (SSSR count). The van der Waals surface area contributed by atoms with Gasteiger partial charge >= 0.3 is 6.36 Å². The highest BCUT2D eigenvalue weighted by Gasteiger charge is 2.32. The van der Waals surface area contributed by atoms with Gasteiger partial charge in [-0.3, -0.25) is 0 Å². The number of aryl methyl sites for hydroxylation is 1. The van der Waals surface area contributed by atoms with E-state index < -0.39 is 29.6 Å². The first kappa shape index (κ1) is 23.7. The lowest BCUT2D eigenvalue weighted by Crippen LogP contribution is -2.17. The zero-order chi connectivity index (χ0) is 24.5. The van der Waals surface area contributed by atoms with Crippen LogP contribution >= 0.6 is 0 Å². The lowest BCUT2D eigenvalue weighted by molar-refractivity contribution is -0.275. The summed E-state index contributed by atoms with van der Waals surface area (Å²) in [7, 11) is 0. The Kier molecular flexibility index (Phi) is 6.55. The fourth-order valence-corrected chi connectivity index (χ4v) is 3.89. The van der Waals surface area contributed by atoms with E-state index in [1.807, 2.05) is 12.1 Å². The molecule has 7 heteroatoms. The summed E-state index contributed by atoms with van der Waals surface area (Å²) < 4.78 is 84.8.